The predicted octanol–water partition coefficient (Wildman–Crippen LogP) is 3.81. The number of hydrogen-bond donors (Lipinski definition) is 2. The number of methoxy groups -OCH3 is 1. The fraction of sp³-hybridized carbons (Fsp3) is 0.259. The Morgan fingerprint density at radius 2 is 2.16 bits per heavy atom. The van der Waals surface area contributed by atoms with Crippen LogP contribution in [-0.2, 0) is 6.54 Å². The highest BCUT2D eigenvalue weighted by atomic mass is 19.1. The number of amides is 1. The molecule has 188 valence electrons. The van der Waals surface area contributed by atoms with E-state index >= 15 is 0 Å². The molecule has 2 N–H and O–H groups in total. The number of H-pyrrole nitrogens is 1. The van der Waals surface area contributed by atoms with E-state index in [0.29, 0.717) is 30.0 Å². The summed E-state index contributed by atoms with van der Waals surface area (Å²) in [6.07, 6.45) is 5.34. The second kappa shape index (κ2) is 9.62. The van der Waals surface area contributed by atoms with Crippen LogP contribution in [0.15, 0.2) is 61.1 Å². The highest BCUT2D eigenvalue weighted by Crippen LogP contribution is 2.28. The molecule has 0 radical (unpaired) electrons. The number of pyridine rings is 1. The molecule has 0 aliphatic carbocycles. The number of rotatable bonds is 6. The number of fused-ring (bicyclic) bond motifs is 2. The summed E-state index contributed by atoms with van der Waals surface area (Å²) in [4.78, 5) is 15.4. The lowest BCUT2D eigenvalue weighted by Gasteiger charge is -2.33. The summed E-state index contributed by atoms with van der Waals surface area (Å²) < 4.78 is 21.6. The minimum absolute atomic E-state index is 0.0327. The number of hydrogen-bond acceptors (Lipinski definition) is 6. The van der Waals surface area contributed by atoms with E-state index in [2.05, 4.69) is 30.6 Å². The number of halogens is 1. The Balaban J connectivity index is 1.19. The molecule has 1 aliphatic heterocycles. The largest absolute Gasteiger partial charge is 0.496 e. The van der Waals surface area contributed by atoms with Crippen LogP contribution in [0, 0.1) is 5.82 Å². The molecule has 9 nitrogen and oxygen atoms in total. The summed E-state index contributed by atoms with van der Waals surface area (Å²) in [5.74, 6) is 0.121. The van der Waals surface area contributed by atoms with Gasteiger partial charge in [0, 0.05) is 47.4 Å². The zero-order chi connectivity index (χ0) is 25.4. The van der Waals surface area contributed by atoms with Crippen molar-refractivity contribution >= 4 is 22.5 Å². The fourth-order valence-corrected chi connectivity index (χ4v) is 5.04. The van der Waals surface area contributed by atoms with Gasteiger partial charge in [-0.2, -0.15) is 5.10 Å². The van der Waals surface area contributed by atoms with E-state index in [9.17, 15) is 9.18 Å². The minimum Gasteiger partial charge on any atom is -0.496 e. The normalized spacial score (nSPS) is 16.3. The summed E-state index contributed by atoms with van der Waals surface area (Å²) in [7, 11) is 1.55. The van der Waals surface area contributed by atoms with Gasteiger partial charge in [-0.05, 0) is 61.9 Å². The first kappa shape index (κ1) is 23.1. The van der Waals surface area contributed by atoms with Crippen LogP contribution in [0.3, 0.4) is 0 Å². The number of ether oxygens (including phenoxy) is 1. The first-order chi connectivity index (χ1) is 18.1. The van der Waals surface area contributed by atoms with Crippen molar-refractivity contribution in [2.75, 3.05) is 20.2 Å². The zero-order valence-electron chi connectivity index (χ0n) is 20.3. The van der Waals surface area contributed by atoms with Crippen LogP contribution in [0.25, 0.3) is 27.8 Å². The molecule has 1 atom stereocenters. The van der Waals surface area contributed by atoms with Crippen LogP contribution in [-0.4, -0.2) is 61.8 Å². The van der Waals surface area contributed by atoms with Crippen molar-refractivity contribution < 1.29 is 13.9 Å². The van der Waals surface area contributed by atoms with Crippen LogP contribution in [0.2, 0.25) is 0 Å². The molecule has 2 aromatic carbocycles. The Bertz CT molecular complexity index is 1590. The Hall–Kier alpha value is -4.31. The Morgan fingerprint density at radius 1 is 1.24 bits per heavy atom. The molecule has 6 rings (SSSR count). The molecule has 0 spiro atoms. The number of carbonyl (C=O) groups excluding carboxylic acids is 1. The van der Waals surface area contributed by atoms with Gasteiger partial charge in [0.25, 0.3) is 5.91 Å². The lowest BCUT2D eigenvalue weighted by atomic mass is 10.0. The van der Waals surface area contributed by atoms with Crippen LogP contribution >= 0.6 is 0 Å². The molecule has 1 fully saturated rings. The smallest absolute Gasteiger partial charge is 0.251 e. The van der Waals surface area contributed by atoms with E-state index in [1.807, 2.05) is 34.9 Å². The third kappa shape index (κ3) is 4.51. The summed E-state index contributed by atoms with van der Waals surface area (Å²) in [6.45, 7) is 1.91. The second-order valence-corrected chi connectivity index (χ2v) is 9.32. The van der Waals surface area contributed by atoms with E-state index in [-0.39, 0.29) is 17.8 Å². The lowest BCUT2D eigenvalue weighted by Crippen LogP contribution is -2.47. The van der Waals surface area contributed by atoms with Gasteiger partial charge < -0.3 is 10.1 Å². The first-order valence-electron chi connectivity index (χ1n) is 12.2. The number of nitrogens with one attached hydrogen (secondary N) is 2. The van der Waals surface area contributed by atoms with Crippen LogP contribution in [0.4, 0.5) is 4.39 Å². The maximum absolute atomic E-state index is 14.4. The molecule has 37 heavy (non-hydrogen) atoms. The highest BCUT2D eigenvalue weighted by molar-refractivity contribution is 6.01. The van der Waals surface area contributed by atoms with E-state index in [0.717, 1.165) is 47.2 Å². The fourth-order valence-electron chi connectivity index (χ4n) is 5.04. The van der Waals surface area contributed by atoms with Gasteiger partial charge in [0.1, 0.15) is 23.6 Å². The van der Waals surface area contributed by atoms with Gasteiger partial charge in [0.15, 0.2) is 5.65 Å². The van der Waals surface area contributed by atoms with Gasteiger partial charge >= 0.3 is 0 Å². The molecule has 3 aromatic heterocycles. The molecule has 0 bridgehead atoms. The minimum atomic E-state index is -0.279. The molecule has 10 heteroatoms. The molecular weight excluding hydrogens is 473 g/mol. The average molecular weight is 500 g/mol. The van der Waals surface area contributed by atoms with Crippen molar-refractivity contribution in [3.8, 4) is 17.0 Å². The van der Waals surface area contributed by atoms with Crippen molar-refractivity contribution in [2.24, 2.45) is 0 Å². The first-order valence-corrected chi connectivity index (χ1v) is 12.2. The maximum atomic E-state index is 14.4. The van der Waals surface area contributed by atoms with Crippen molar-refractivity contribution in [2.45, 2.75) is 25.4 Å². The van der Waals surface area contributed by atoms with Crippen LogP contribution in [0.1, 0.15) is 28.8 Å². The van der Waals surface area contributed by atoms with E-state index < -0.39 is 0 Å². The molecular formula is C27H26FN7O2. The number of nitrogens with zero attached hydrogens (tertiary/aromatic N) is 5. The summed E-state index contributed by atoms with van der Waals surface area (Å²) in [5.41, 5.74) is 4.34. The third-order valence-electron chi connectivity index (χ3n) is 6.91. The summed E-state index contributed by atoms with van der Waals surface area (Å²) in [6, 6.07) is 14.2. The summed E-state index contributed by atoms with van der Waals surface area (Å²) >= 11 is 0. The molecule has 4 heterocycles. The van der Waals surface area contributed by atoms with E-state index in [1.165, 1.54) is 6.07 Å². The number of aromatic amines is 1. The predicted molar refractivity (Wildman–Crippen MR) is 137 cm³/mol. The van der Waals surface area contributed by atoms with Crippen LogP contribution in [0.5, 0.6) is 5.75 Å². The van der Waals surface area contributed by atoms with Gasteiger partial charge in [-0.25, -0.2) is 4.39 Å². The van der Waals surface area contributed by atoms with Gasteiger partial charge in [-0.1, -0.05) is 6.07 Å². The SMILES string of the molecule is COc1cccc(F)c1CN1CCC[C@@H](NC(=O)c2ccc3[nH]nc(-c4ccc5nncn5c4)c3c2)C1. The van der Waals surface area contributed by atoms with Gasteiger partial charge in [-0.15, -0.1) is 10.2 Å². The molecule has 0 saturated carbocycles. The zero-order valence-corrected chi connectivity index (χ0v) is 20.3. The Morgan fingerprint density at radius 3 is 3.05 bits per heavy atom. The Kier molecular flexibility index (Phi) is 6.01. The van der Waals surface area contributed by atoms with Crippen molar-refractivity contribution in [1.82, 2.24) is 35.0 Å². The van der Waals surface area contributed by atoms with Gasteiger partial charge in [0.2, 0.25) is 0 Å². The molecule has 1 saturated heterocycles. The quantitative estimate of drug-likeness (QED) is 0.369. The highest BCUT2D eigenvalue weighted by Gasteiger charge is 2.24. The summed E-state index contributed by atoms with van der Waals surface area (Å²) in [5, 5.41) is 19.5. The lowest BCUT2D eigenvalue weighted by molar-refractivity contribution is 0.0899. The maximum Gasteiger partial charge on any atom is 0.251 e. The average Bonchev–Trinajstić information content (AvgIpc) is 3.56. The standard InChI is InChI=1S/C27H26FN7O2/c1-37-24-6-2-5-22(28)21(24)15-34-11-3-4-19(14-34)30-27(36)17-7-9-23-20(12-17)26(33-31-23)18-8-10-25-32-29-16-35(25)13-18/h2,5-10,12-13,16,19H,3-4,11,14-15H2,1H3,(H,30,36)(H,31,33)/t19-/m1/s1. The molecule has 1 aliphatic rings. The van der Waals surface area contributed by atoms with Crippen molar-refractivity contribution in [3.05, 3.63) is 78.0 Å². The van der Waals surface area contributed by atoms with Gasteiger partial charge in [-0.3, -0.25) is 19.2 Å². The monoisotopic (exact) mass is 499 g/mol. The topological polar surface area (TPSA) is 100 Å². The van der Waals surface area contributed by atoms with Crippen molar-refractivity contribution in [3.63, 3.8) is 0 Å². The second-order valence-electron chi connectivity index (χ2n) is 9.32. The number of piperidine rings is 1. The third-order valence-corrected chi connectivity index (χ3v) is 6.91. The van der Waals surface area contributed by atoms with Gasteiger partial charge in [0.05, 0.1) is 12.6 Å². The molecule has 1 amide bonds. The number of likely N-dealkylation sites (tertiary alicyclic amines) is 1. The Labute approximate surface area is 212 Å². The molecule has 0 unspecified atom stereocenters. The number of benzene rings is 2. The van der Waals surface area contributed by atoms with Crippen LogP contribution < -0.4 is 10.1 Å². The molecule has 5 aromatic rings. The van der Waals surface area contributed by atoms with E-state index in [4.69, 9.17) is 4.74 Å². The number of aromatic nitrogens is 5. The van der Waals surface area contributed by atoms with E-state index in [1.54, 1.807) is 31.6 Å². The van der Waals surface area contributed by atoms with Crippen molar-refractivity contribution in [1.29, 1.82) is 0 Å². The number of carbonyl (C=O) groups is 1.